The molecule has 0 aliphatic heterocycles. The van der Waals surface area contributed by atoms with Gasteiger partial charge >= 0.3 is 0 Å². The van der Waals surface area contributed by atoms with Gasteiger partial charge in [0, 0.05) is 13.6 Å². The summed E-state index contributed by atoms with van der Waals surface area (Å²) in [5, 5.41) is 0.571. The molecule has 4 nitrogen and oxygen atoms in total. The molecule has 1 aromatic heterocycles. The van der Waals surface area contributed by atoms with Crippen LogP contribution < -0.4 is 4.90 Å². The van der Waals surface area contributed by atoms with Gasteiger partial charge in [-0.1, -0.05) is 54.5 Å². The summed E-state index contributed by atoms with van der Waals surface area (Å²) in [7, 11) is -1.77. The molecule has 7 heteroatoms. The summed E-state index contributed by atoms with van der Waals surface area (Å²) in [5.74, 6) is 0. The molecule has 1 aromatic carbocycles. The standard InChI is InChI=1S/C14H17ClN2O2S2/c1-3-4-10-17(2)14-16-13(12(15)20-14)21(18,19)11-8-6-5-7-9-11/h5-9H,3-4,10H2,1-2H3. The highest BCUT2D eigenvalue weighted by molar-refractivity contribution is 7.91. The van der Waals surface area contributed by atoms with E-state index >= 15 is 0 Å². The fraction of sp³-hybridized carbons (Fsp3) is 0.357. The lowest BCUT2D eigenvalue weighted by Gasteiger charge is -2.14. The van der Waals surface area contributed by atoms with Gasteiger partial charge in [-0.05, 0) is 18.6 Å². The number of anilines is 1. The van der Waals surface area contributed by atoms with Gasteiger partial charge in [0.1, 0.15) is 4.34 Å². The van der Waals surface area contributed by atoms with Crippen molar-refractivity contribution in [3.05, 3.63) is 34.7 Å². The minimum Gasteiger partial charge on any atom is -0.351 e. The maximum Gasteiger partial charge on any atom is 0.226 e. The van der Waals surface area contributed by atoms with Crippen LogP contribution in [0.3, 0.4) is 0 Å². The van der Waals surface area contributed by atoms with Crippen molar-refractivity contribution in [1.82, 2.24) is 4.98 Å². The first-order valence-electron chi connectivity index (χ1n) is 6.64. The fourth-order valence-electron chi connectivity index (χ4n) is 1.81. The molecule has 0 aliphatic carbocycles. The zero-order valence-corrected chi connectivity index (χ0v) is 14.3. The van der Waals surface area contributed by atoms with Gasteiger partial charge in [-0.25, -0.2) is 13.4 Å². The second-order valence-corrected chi connectivity index (χ2v) is 8.11. The molecule has 114 valence electrons. The summed E-state index contributed by atoms with van der Waals surface area (Å²) in [4.78, 5) is 6.38. The number of halogens is 1. The Balaban J connectivity index is 2.35. The maximum absolute atomic E-state index is 12.5. The highest BCUT2D eigenvalue weighted by Crippen LogP contribution is 2.35. The van der Waals surface area contributed by atoms with E-state index in [1.165, 1.54) is 11.3 Å². The fourth-order valence-corrected chi connectivity index (χ4v) is 4.71. The Labute approximate surface area is 134 Å². The van der Waals surface area contributed by atoms with Gasteiger partial charge in [-0.2, -0.15) is 0 Å². The third-order valence-corrected chi connectivity index (χ3v) is 6.33. The lowest BCUT2D eigenvalue weighted by atomic mass is 10.3. The van der Waals surface area contributed by atoms with Crippen LogP contribution in [-0.2, 0) is 9.84 Å². The van der Waals surface area contributed by atoms with Crippen LogP contribution >= 0.6 is 22.9 Å². The first-order chi connectivity index (χ1) is 9.96. The van der Waals surface area contributed by atoms with Gasteiger partial charge in [0.15, 0.2) is 10.2 Å². The first-order valence-corrected chi connectivity index (χ1v) is 9.32. The quantitative estimate of drug-likeness (QED) is 0.798. The van der Waals surface area contributed by atoms with Crippen molar-refractivity contribution in [1.29, 1.82) is 0 Å². The van der Waals surface area contributed by atoms with Crippen LogP contribution in [0.1, 0.15) is 19.8 Å². The molecule has 0 radical (unpaired) electrons. The summed E-state index contributed by atoms with van der Waals surface area (Å²) < 4.78 is 25.3. The Kier molecular flexibility index (Phi) is 5.24. The van der Waals surface area contributed by atoms with Crippen molar-refractivity contribution in [3.63, 3.8) is 0 Å². The van der Waals surface area contributed by atoms with Crippen molar-refractivity contribution >= 4 is 37.9 Å². The molecule has 2 rings (SSSR count). The van der Waals surface area contributed by atoms with E-state index in [1.807, 2.05) is 11.9 Å². The second kappa shape index (κ2) is 6.77. The lowest BCUT2D eigenvalue weighted by molar-refractivity contribution is 0.593. The van der Waals surface area contributed by atoms with Crippen molar-refractivity contribution in [3.8, 4) is 0 Å². The Bertz CT molecular complexity index is 699. The smallest absolute Gasteiger partial charge is 0.226 e. The molecule has 0 spiro atoms. The summed E-state index contributed by atoms with van der Waals surface area (Å²) >= 11 is 7.30. The van der Waals surface area contributed by atoms with Crippen LogP contribution in [0.15, 0.2) is 40.3 Å². The van der Waals surface area contributed by atoms with Crippen LogP contribution in [0.25, 0.3) is 0 Å². The van der Waals surface area contributed by atoms with E-state index in [4.69, 9.17) is 11.6 Å². The molecule has 0 unspecified atom stereocenters. The van der Waals surface area contributed by atoms with Gasteiger partial charge < -0.3 is 4.90 Å². The van der Waals surface area contributed by atoms with E-state index < -0.39 is 9.84 Å². The molecular weight excluding hydrogens is 328 g/mol. The molecular formula is C14H17ClN2O2S2. The SMILES string of the molecule is CCCCN(C)c1nc(S(=O)(=O)c2ccccc2)c(Cl)s1. The van der Waals surface area contributed by atoms with Gasteiger partial charge in [-0.3, -0.25) is 0 Å². The molecule has 0 saturated heterocycles. The topological polar surface area (TPSA) is 50.3 Å². The van der Waals surface area contributed by atoms with Crippen LogP contribution in [0, 0.1) is 0 Å². The van der Waals surface area contributed by atoms with Crippen LogP contribution in [-0.4, -0.2) is 27.0 Å². The molecule has 0 saturated carbocycles. The van der Waals surface area contributed by atoms with Crippen LogP contribution in [0.4, 0.5) is 5.13 Å². The number of unbranched alkanes of at least 4 members (excludes halogenated alkanes) is 1. The summed E-state index contributed by atoms with van der Waals surface area (Å²) in [6.07, 6.45) is 2.09. The number of aromatic nitrogens is 1. The molecule has 1 heterocycles. The zero-order valence-electron chi connectivity index (χ0n) is 11.9. The molecule has 21 heavy (non-hydrogen) atoms. The van der Waals surface area contributed by atoms with Crippen LogP contribution in [0.2, 0.25) is 4.34 Å². The average Bonchev–Trinajstić information content (AvgIpc) is 2.88. The largest absolute Gasteiger partial charge is 0.351 e. The summed E-state index contributed by atoms with van der Waals surface area (Å²) in [6.45, 7) is 2.93. The predicted molar refractivity (Wildman–Crippen MR) is 87.2 cm³/mol. The maximum atomic E-state index is 12.5. The molecule has 0 N–H and O–H groups in total. The number of thiazole rings is 1. The van der Waals surface area contributed by atoms with E-state index in [-0.39, 0.29) is 14.3 Å². The van der Waals surface area contributed by atoms with Gasteiger partial charge in [0.25, 0.3) is 0 Å². The summed E-state index contributed by atoms with van der Waals surface area (Å²) in [5.41, 5.74) is 0. The van der Waals surface area contributed by atoms with Gasteiger partial charge in [-0.15, -0.1) is 0 Å². The molecule has 0 aliphatic rings. The highest BCUT2D eigenvalue weighted by Gasteiger charge is 2.26. The predicted octanol–water partition coefficient (Wildman–Crippen LogP) is 3.87. The number of rotatable bonds is 6. The second-order valence-electron chi connectivity index (χ2n) is 4.67. The number of benzene rings is 1. The van der Waals surface area contributed by atoms with Crippen molar-refractivity contribution < 1.29 is 8.42 Å². The zero-order chi connectivity index (χ0) is 15.5. The third-order valence-electron chi connectivity index (χ3n) is 3.03. The highest BCUT2D eigenvalue weighted by atomic mass is 35.5. The molecule has 0 bridgehead atoms. The van der Waals surface area contributed by atoms with Crippen molar-refractivity contribution in [2.24, 2.45) is 0 Å². The molecule has 0 atom stereocenters. The Morgan fingerprint density at radius 3 is 2.57 bits per heavy atom. The Morgan fingerprint density at radius 2 is 1.95 bits per heavy atom. The minimum atomic E-state index is -3.66. The molecule has 2 aromatic rings. The van der Waals surface area contributed by atoms with Crippen LogP contribution in [0.5, 0.6) is 0 Å². The third kappa shape index (κ3) is 3.56. The molecule has 0 fully saturated rings. The van der Waals surface area contributed by atoms with E-state index in [1.54, 1.807) is 30.3 Å². The van der Waals surface area contributed by atoms with Gasteiger partial charge in [0.05, 0.1) is 4.90 Å². The first kappa shape index (κ1) is 16.3. The van der Waals surface area contributed by atoms with E-state index in [9.17, 15) is 8.42 Å². The Hall–Kier alpha value is -1.11. The lowest BCUT2D eigenvalue weighted by Crippen LogP contribution is -2.18. The number of hydrogen-bond acceptors (Lipinski definition) is 5. The van der Waals surface area contributed by atoms with Crippen molar-refractivity contribution in [2.75, 3.05) is 18.5 Å². The summed E-state index contributed by atoms with van der Waals surface area (Å²) in [6, 6.07) is 8.23. The average molecular weight is 345 g/mol. The van der Waals surface area contributed by atoms with Crippen molar-refractivity contribution in [2.45, 2.75) is 29.7 Å². The molecule has 0 amide bonds. The van der Waals surface area contributed by atoms with Gasteiger partial charge in [0.2, 0.25) is 9.84 Å². The Morgan fingerprint density at radius 1 is 1.29 bits per heavy atom. The van der Waals surface area contributed by atoms with E-state index in [0.717, 1.165) is 19.4 Å². The van der Waals surface area contributed by atoms with E-state index in [2.05, 4.69) is 11.9 Å². The van der Waals surface area contributed by atoms with E-state index in [0.29, 0.717) is 5.13 Å². The number of nitrogens with zero attached hydrogens (tertiary/aromatic N) is 2. The number of sulfone groups is 1. The number of hydrogen-bond donors (Lipinski definition) is 0. The minimum absolute atomic E-state index is 0.0567. The monoisotopic (exact) mass is 344 g/mol. The normalized spacial score (nSPS) is 11.6.